The highest BCUT2D eigenvalue weighted by Gasteiger charge is 2.21. The van der Waals surface area contributed by atoms with E-state index in [1.807, 2.05) is 65.6 Å². The number of nitrogens with zero attached hydrogens (tertiary/aromatic N) is 6. The molecular formula is C26H23Cl2N7O. The average molecular weight is 520 g/mol. The highest BCUT2D eigenvalue weighted by Crippen LogP contribution is 2.33. The first-order valence-electron chi connectivity index (χ1n) is 11.4. The fourth-order valence-electron chi connectivity index (χ4n) is 3.73. The standard InChI is InChI=1S/C26H23Cl2N7O/c27-22-12-7-13-23(28)21(22)18-29-33-24-30-25(34-14-16-36-17-15-34)32-26(31-24)35(19-8-3-1-4-9-19)20-10-5-2-6-11-20/h1-13,18H,14-17H2,(H,30,31,32,33)/b29-18+. The van der Waals surface area contributed by atoms with E-state index in [1.165, 1.54) is 0 Å². The van der Waals surface area contributed by atoms with Crippen molar-refractivity contribution >= 4 is 58.6 Å². The van der Waals surface area contributed by atoms with Crippen molar-refractivity contribution in [2.24, 2.45) is 5.10 Å². The van der Waals surface area contributed by atoms with E-state index < -0.39 is 0 Å². The normalized spacial score (nSPS) is 13.7. The molecule has 182 valence electrons. The number of para-hydroxylation sites is 2. The largest absolute Gasteiger partial charge is 0.378 e. The molecule has 0 saturated carbocycles. The van der Waals surface area contributed by atoms with Crippen LogP contribution in [-0.2, 0) is 4.74 Å². The Hall–Kier alpha value is -3.72. The van der Waals surface area contributed by atoms with Gasteiger partial charge in [-0.15, -0.1) is 0 Å². The van der Waals surface area contributed by atoms with Gasteiger partial charge in [-0.05, 0) is 36.4 Å². The summed E-state index contributed by atoms with van der Waals surface area (Å²) >= 11 is 12.5. The molecule has 1 fully saturated rings. The van der Waals surface area contributed by atoms with Crippen molar-refractivity contribution < 1.29 is 4.74 Å². The van der Waals surface area contributed by atoms with Crippen LogP contribution in [0.4, 0.5) is 29.2 Å². The van der Waals surface area contributed by atoms with E-state index in [0.29, 0.717) is 53.8 Å². The van der Waals surface area contributed by atoms with Gasteiger partial charge in [-0.3, -0.25) is 4.90 Å². The topological polar surface area (TPSA) is 78.8 Å². The Balaban J connectivity index is 1.55. The number of anilines is 5. The monoisotopic (exact) mass is 519 g/mol. The van der Waals surface area contributed by atoms with Crippen LogP contribution in [0.2, 0.25) is 10.0 Å². The number of rotatable bonds is 7. The van der Waals surface area contributed by atoms with Crippen LogP contribution >= 0.6 is 23.2 Å². The summed E-state index contributed by atoms with van der Waals surface area (Å²) in [7, 11) is 0. The molecule has 2 heterocycles. The Morgan fingerprint density at radius 3 is 2.03 bits per heavy atom. The molecule has 1 aliphatic rings. The van der Waals surface area contributed by atoms with Gasteiger partial charge in [-0.2, -0.15) is 20.1 Å². The third-order valence-corrected chi connectivity index (χ3v) is 6.15. The summed E-state index contributed by atoms with van der Waals surface area (Å²) < 4.78 is 5.52. The molecule has 0 atom stereocenters. The van der Waals surface area contributed by atoms with Gasteiger partial charge >= 0.3 is 0 Å². The maximum absolute atomic E-state index is 6.27. The fraction of sp³-hybridized carbons (Fsp3) is 0.154. The van der Waals surface area contributed by atoms with E-state index in [9.17, 15) is 0 Å². The van der Waals surface area contributed by atoms with Crippen LogP contribution in [0.5, 0.6) is 0 Å². The molecule has 8 nitrogen and oxygen atoms in total. The number of morpholine rings is 1. The number of aromatic nitrogens is 3. The molecule has 0 bridgehead atoms. The van der Waals surface area contributed by atoms with Gasteiger partial charge in [-0.25, -0.2) is 5.43 Å². The van der Waals surface area contributed by atoms with Crippen LogP contribution in [0.3, 0.4) is 0 Å². The highest BCUT2D eigenvalue weighted by molar-refractivity contribution is 6.38. The molecule has 4 aromatic rings. The summed E-state index contributed by atoms with van der Waals surface area (Å²) in [5, 5.41) is 5.30. The molecule has 1 aliphatic heterocycles. The molecule has 10 heteroatoms. The summed E-state index contributed by atoms with van der Waals surface area (Å²) in [4.78, 5) is 18.2. The second-order valence-electron chi connectivity index (χ2n) is 7.87. The van der Waals surface area contributed by atoms with E-state index in [-0.39, 0.29) is 5.95 Å². The minimum Gasteiger partial charge on any atom is -0.378 e. The Morgan fingerprint density at radius 2 is 1.42 bits per heavy atom. The van der Waals surface area contributed by atoms with Crippen LogP contribution in [0.25, 0.3) is 0 Å². The van der Waals surface area contributed by atoms with Crippen LogP contribution in [0, 0.1) is 0 Å². The second kappa shape index (κ2) is 11.3. The number of nitrogens with one attached hydrogen (secondary N) is 1. The lowest BCUT2D eigenvalue weighted by molar-refractivity contribution is 0.122. The fourth-order valence-corrected chi connectivity index (χ4v) is 4.23. The van der Waals surface area contributed by atoms with Crippen molar-refractivity contribution in [2.45, 2.75) is 0 Å². The van der Waals surface area contributed by atoms with E-state index in [2.05, 4.69) is 20.4 Å². The Labute approximate surface area is 219 Å². The Bertz CT molecular complexity index is 1270. The molecule has 1 N–H and O–H groups in total. The Morgan fingerprint density at radius 1 is 0.806 bits per heavy atom. The maximum Gasteiger partial charge on any atom is 0.250 e. The predicted molar refractivity (Wildman–Crippen MR) is 145 cm³/mol. The zero-order chi connectivity index (χ0) is 24.7. The smallest absolute Gasteiger partial charge is 0.250 e. The second-order valence-corrected chi connectivity index (χ2v) is 8.68. The molecule has 5 rings (SSSR count). The number of ether oxygens (including phenoxy) is 1. The number of hydrazone groups is 1. The first-order valence-corrected chi connectivity index (χ1v) is 12.2. The minimum absolute atomic E-state index is 0.290. The van der Waals surface area contributed by atoms with Gasteiger partial charge in [-0.1, -0.05) is 65.7 Å². The third kappa shape index (κ3) is 5.57. The van der Waals surface area contributed by atoms with Crippen molar-refractivity contribution in [1.29, 1.82) is 0 Å². The molecular weight excluding hydrogens is 497 g/mol. The number of hydrogen-bond donors (Lipinski definition) is 1. The number of hydrogen-bond acceptors (Lipinski definition) is 8. The van der Waals surface area contributed by atoms with Crippen molar-refractivity contribution in [3.63, 3.8) is 0 Å². The van der Waals surface area contributed by atoms with E-state index in [4.69, 9.17) is 37.9 Å². The van der Waals surface area contributed by atoms with Gasteiger partial charge in [0.25, 0.3) is 0 Å². The number of halogens is 2. The molecule has 0 spiro atoms. The Kier molecular flexibility index (Phi) is 7.56. The first-order chi connectivity index (χ1) is 17.7. The van der Waals surface area contributed by atoms with E-state index in [0.717, 1.165) is 11.4 Å². The summed E-state index contributed by atoms with van der Waals surface area (Å²) in [6.07, 6.45) is 1.55. The summed E-state index contributed by atoms with van der Waals surface area (Å²) in [6.45, 7) is 2.57. The quantitative estimate of drug-likeness (QED) is 0.239. The lowest BCUT2D eigenvalue weighted by atomic mass is 10.2. The van der Waals surface area contributed by atoms with E-state index in [1.54, 1.807) is 24.4 Å². The van der Waals surface area contributed by atoms with Gasteiger partial charge in [0.05, 0.1) is 29.5 Å². The zero-order valence-corrected chi connectivity index (χ0v) is 20.8. The predicted octanol–water partition coefficient (Wildman–Crippen LogP) is 5.93. The summed E-state index contributed by atoms with van der Waals surface area (Å²) in [5.74, 6) is 1.28. The van der Waals surface area contributed by atoms with Crippen LogP contribution in [0.15, 0.2) is 84.0 Å². The molecule has 0 aliphatic carbocycles. The van der Waals surface area contributed by atoms with Crippen molar-refractivity contribution in [3.05, 3.63) is 94.5 Å². The molecule has 1 saturated heterocycles. The number of benzene rings is 3. The highest BCUT2D eigenvalue weighted by atomic mass is 35.5. The van der Waals surface area contributed by atoms with Gasteiger partial charge in [0, 0.05) is 30.0 Å². The van der Waals surface area contributed by atoms with Crippen LogP contribution in [-0.4, -0.2) is 47.5 Å². The van der Waals surface area contributed by atoms with Crippen molar-refractivity contribution in [1.82, 2.24) is 15.0 Å². The molecule has 1 aromatic heterocycles. The van der Waals surface area contributed by atoms with Gasteiger partial charge in [0.2, 0.25) is 17.8 Å². The van der Waals surface area contributed by atoms with Crippen molar-refractivity contribution in [2.75, 3.05) is 41.5 Å². The molecule has 36 heavy (non-hydrogen) atoms. The molecule has 0 unspecified atom stereocenters. The van der Waals surface area contributed by atoms with Gasteiger partial charge in [0.1, 0.15) is 0 Å². The third-order valence-electron chi connectivity index (χ3n) is 5.49. The minimum atomic E-state index is 0.290. The molecule has 0 amide bonds. The van der Waals surface area contributed by atoms with Gasteiger partial charge in [0.15, 0.2) is 0 Å². The SMILES string of the molecule is Clc1cccc(Cl)c1/C=N/Nc1nc(N2CCOCC2)nc(N(c2ccccc2)c2ccccc2)n1. The first kappa shape index (κ1) is 24.0. The van der Waals surface area contributed by atoms with Crippen molar-refractivity contribution in [3.8, 4) is 0 Å². The van der Waals surface area contributed by atoms with Crippen LogP contribution in [0.1, 0.15) is 5.56 Å². The molecule has 3 aromatic carbocycles. The lowest BCUT2D eigenvalue weighted by Crippen LogP contribution is -2.37. The van der Waals surface area contributed by atoms with Gasteiger partial charge < -0.3 is 9.64 Å². The summed E-state index contributed by atoms with van der Waals surface area (Å²) in [5.41, 5.74) is 5.37. The molecule has 0 radical (unpaired) electrons. The maximum atomic E-state index is 6.27. The average Bonchev–Trinajstić information content (AvgIpc) is 2.92. The van der Waals surface area contributed by atoms with E-state index >= 15 is 0 Å². The zero-order valence-electron chi connectivity index (χ0n) is 19.3. The summed E-state index contributed by atoms with van der Waals surface area (Å²) in [6, 6.07) is 25.2. The van der Waals surface area contributed by atoms with Crippen LogP contribution < -0.4 is 15.2 Å². The lowest BCUT2D eigenvalue weighted by Gasteiger charge is -2.28.